The molecule has 0 aliphatic carbocycles. The molecule has 0 saturated carbocycles. The fourth-order valence-electron chi connectivity index (χ4n) is 2.69. The van der Waals surface area contributed by atoms with Gasteiger partial charge in [0.2, 0.25) is 0 Å². The first kappa shape index (κ1) is 24.2. The summed E-state index contributed by atoms with van der Waals surface area (Å²) in [6.45, 7) is 13.2. The monoisotopic (exact) mass is 437 g/mol. The van der Waals surface area contributed by atoms with Crippen LogP contribution in [0.2, 0.25) is 5.02 Å². The first-order valence-corrected chi connectivity index (χ1v) is 10.0. The number of aromatic carboxylic acids is 1. The Morgan fingerprint density at radius 3 is 2.23 bits per heavy atom. The smallest absolute Gasteiger partial charge is 0.478 e. The minimum Gasteiger partial charge on any atom is -0.478 e. The lowest BCUT2D eigenvalue weighted by Crippen LogP contribution is -2.41. The van der Waals surface area contributed by atoms with Gasteiger partial charge in [0.05, 0.1) is 21.8 Å². The van der Waals surface area contributed by atoms with Crippen LogP contribution in [0.15, 0.2) is 23.7 Å². The van der Waals surface area contributed by atoms with E-state index in [0.717, 1.165) is 0 Å². The number of carboxylic acids is 1. The van der Waals surface area contributed by atoms with Gasteiger partial charge in [-0.1, -0.05) is 23.7 Å². The van der Waals surface area contributed by atoms with Gasteiger partial charge in [-0.05, 0) is 71.6 Å². The van der Waals surface area contributed by atoms with Crippen molar-refractivity contribution >= 4 is 36.9 Å². The molecule has 0 atom stereocenters. The summed E-state index contributed by atoms with van der Waals surface area (Å²) in [5, 5.41) is 12.0. The molecule has 1 amide bonds. The second-order valence-electron chi connectivity index (χ2n) is 9.21. The van der Waals surface area contributed by atoms with Crippen molar-refractivity contribution in [1.82, 2.24) is 5.32 Å². The zero-order chi connectivity index (χ0) is 22.9. The Bertz CT molecular complexity index is 844. The molecule has 0 bridgehead atoms. The topological polar surface area (TPSA) is 94.1 Å². The standard InChI is InChI=1S/C21H29BClNO6/c1-19(2,3)28-18(27)24-12-14(22-29-20(4,5)21(6,7)30-22)10-13-8-9-15(17(25)26)16(23)11-13/h8-11H,12H2,1-7H3,(H,24,27)(H,25,26). The van der Waals surface area contributed by atoms with Crippen molar-refractivity contribution in [3.8, 4) is 0 Å². The Hall–Kier alpha value is -2.03. The maximum absolute atomic E-state index is 12.1. The van der Waals surface area contributed by atoms with Gasteiger partial charge in [0, 0.05) is 6.54 Å². The van der Waals surface area contributed by atoms with Gasteiger partial charge in [0.15, 0.2) is 0 Å². The molecule has 0 radical (unpaired) electrons. The molecule has 0 spiro atoms. The van der Waals surface area contributed by atoms with Gasteiger partial charge in [-0.15, -0.1) is 0 Å². The Kier molecular flexibility index (Phi) is 6.96. The number of carboxylic acid groups (broad SMARTS) is 1. The highest BCUT2D eigenvalue weighted by Gasteiger charge is 2.52. The number of ether oxygens (including phenoxy) is 1. The molecule has 0 unspecified atom stereocenters. The van der Waals surface area contributed by atoms with Gasteiger partial charge in [0.25, 0.3) is 0 Å². The van der Waals surface area contributed by atoms with E-state index in [0.29, 0.717) is 11.0 Å². The summed E-state index contributed by atoms with van der Waals surface area (Å²) in [7, 11) is -0.706. The van der Waals surface area contributed by atoms with Crippen molar-refractivity contribution in [2.75, 3.05) is 6.54 Å². The summed E-state index contributed by atoms with van der Waals surface area (Å²) >= 11 is 6.10. The number of benzene rings is 1. The summed E-state index contributed by atoms with van der Waals surface area (Å²) < 4.78 is 17.5. The molecule has 9 heteroatoms. The number of amides is 1. The molecular formula is C21H29BClNO6. The van der Waals surface area contributed by atoms with Crippen LogP contribution < -0.4 is 5.32 Å². The van der Waals surface area contributed by atoms with Crippen molar-refractivity contribution in [3.63, 3.8) is 0 Å². The van der Waals surface area contributed by atoms with Crippen molar-refractivity contribution in [2.24, 2.45) is 0 Å². The Labute approximate surface area is 182 Å². The lowest BCUT2D eigenvalue weighted by Gasteiger charge is -2.32. The quantitative estimate of drug-likeness (QED) is 0.655. The summed E-state index contributed by atoms with van der Waals surface area (Å²) in [5.74, 6) is -1.10. The highest BCUT2D eigenvalue weighted by molar-refractivity contribution is 6.56. The van der Waals surface area contributed by atoms with Crippen LogP contribution in [0.1, 0.15) is 64.4 Å². The summed E-state index contributed by atoms with van der Waals surface area (Å²) in [5.41, 5.74) is -0.448. The van der Waals surface area contributed by atoms with Gasteiger partial charge in [0.1, 0.15) is 5.60 Å². The van der Waals surface area contributed by atoms with Crippen LogP contribution in [-0.4, -0.2) is 47.6 Å². The Balaban J connectivity index is 2.32. The lowest BCUT2D eigenvalue weighted by molar-refractivity contribution is 0.00578. The molecule has 1 heterocycles. The van der Waals surface area contributed by atoms with Crippen LogP contribution >= 0.6 is 11.6 Å². The SMILES string of the molecule is CC(C)(C)OC(=O)NCC(=Cc1ccc(C(=O)O)c(Cl)c1)B1OC(C)(C)C(C)(C)O1. The number of hydrogen-bond acceptors (Lipinski definition) is 5. The van der Waals surface area contributed by atoms with E-state index in [1.54, 1.807) is 39.0 Å². The first-order chi connectivity index (χ1) is 13.6. The molecule has 1 aromatic rings. The molecule has 1 fully saturated rings. The van der Waals surface area contributed by atoms with Gasteiger partial charge in [-0.25, -0.2) is 9.59 Å². The molecule has 1 aliphatic heterocycles. The van der Waals surface area contributed by atoms with E-state index in [1.807, 2.05) is 27.7 Å². The van der Waals surface area contributed by atoms with Crippen molar-refractivity contribution in [1.29, 1.82) is 0 Å². The predicted molar refractivity (Wildman–Crippen MR) is 117 cm³/mol. The number of halogens is 1. The third-order valence-electron chi connectivity index (χ3n) is 4.97. The molecular weight excluding hydrogens is 408 g/mol. The largest absolute Gasteiger partial charge is 0.492 e. The minimum absolute atomic E-state index is 0.0119. The molecule has 1 aromatic carbocycles. The normalized spacial score (nSPS) is 18.3. The maximum Gasteiger partial charge on any atom is 0.492 e. The second-order valence-corrected chi connectivity index (χ2v) is 9.61. The molecule has 164 valence electrons. The van der Waals surface area contributed by atoms with Crippen molar-refractivity contribution in [3.05, 3.63) is 39.8 Å². The van der Waals surface area contributed by atoms with Crippen LogP contribution in [0.4, 0.5) is 4.79 Å². The summed E-state index contributed by atoms with van der Waals surface area (Å²) in [6.07, 6.45) is 1.20. The second kappa shape index (κ2) is 8.61. The van der Waals surface area contributed by atoms with E-state index in [2.05, 4.69) is 5.32 Å². The van der Waals surface area contributed by atoms with Gasteiger partial charge in [-0.3, -0.25) is 0 Å². The van der Waals surface area contributed by atoms with Crippen LogP contribution in [0.5, 0.6) is 0 Å². The van der Waals surface area contributed by atoms with Gasteiger partial charge in [-0.2, -0.15) is 0 Å². The van der Waals surface area contributed by atoms with E-state index >= 15 is 0 Å². The first-order valence-electron chi connectivity index (χ1n) is 9.67. The fraction of sp³-hybridized carbons (Fsp3) is 0.524. The van der Waals surface area contributed by atoms with Crippen LogP contribution in [0.25, 0.3) is 6.08 Å². The Morgan fingerprint density at radius 1 is 1.20 bits per heavy atom. The third-order valence-corrected chi connectivity index (χ3v) is 5.28. The van der Waals surface area contributed by atoms with E-state index in [-0.39, 0.29) is 17.1 Å². The number of rotatable bonds is 5. The van der Waals surface area contributed by atoms with Crippen LogP contribution in [0, 0.1) is 0 Å². The van der Waals surface area contributed by atoms with E-state index in [1.165, 1.54) is 6.07 Å². The van der Waals surface area contributed by atoms with Gasteiger partial charge >= 0.3 is 19.2 Å². The maximum atomic E-state index is 12.1. The van der Waals surface area contributed by atoms with Gasteiger partial charge < -0.3 is 24.5 Å². The number of nitrogens with one attached hydrogen (secondary N) is 1. The highest BCUT2D eigenvalue weighted by Crippen LogP contribution is 2.38. The Morgan fingerprint density at radius 2 is 1.77 bits per heavy atom. The number of carbonyl (C=O) groups excluding carboxylic acids is 1. The highest BCUT2D eigenvalue weighted by atomic mass is 35.5. The number of carbonyl (C=O) groups is 2. The lowest BCUT2D eigenvalue weighted by atomic mass is 9.77. The molecule has 1 saturated heterocycles. The molecule has 2 N–H and O–H groups in total. The minimum atomic E-state index is -1.10. The zero-order valence-corrected chi connectivity index (χ0v) is 19.2. The van der Waals surface area contributed by atoms with E-state index in [4.69, 9.17) is 30.8 Å². The van der Waals surface area contributed by atoms with Crippen molar-refractivity contribution in [2.45, 2.75) is 65.3 Å². The molecule has 30 heavy (non-hydrogen) atoms. The molecule has 1 aliphatic rings. The third kappa shape index (κ3) is 6.00. The van der Waals surface area contributed by atoms with E-state index < -0.39 is 36.0 Å². The average molecular weight is 438 g/mol. The van der Waals surface area contributed by atoms with Crippen LogP contribution in [0.3, 0.4) is 0 Å². The average Bonchev–Trinajstić information content (AvgIpc) is 2.77. The van der Waals surface area contributed by atoms with Crippen LogP contribution in [-0.2, 0) is 14.0 Å². The summed E-state index contributed by atoms with van der Waals surface area (Å²) in [4.78, 5) is 23.3. The molecule has 7 nitrogen and oxygen atoms in total. The number of hydrogen-bond donors (Lipinski definition) is 2. The fourth-order valence-corrected chi connectivity index (χ4v) is 2.96. The molecule has 2 rings (SSSR count). The van der Waals surface area contributed by atoms with Crippen molar-refractivity contribution < 1.29 is 28.7 Å². The van der Waals surface area contributed by atoms with E-state index in [9.17, 15) is 9.59 Å². The predicted octanol–water partition coefficient (Wildman–Crippen LogP) is 4.58. The zero-order valence-electron chi connectivity index (χ0n) is 18.5. The summed E-state index contributed by atoms with van der Waals surface area (Å²) in [6, 6.07) is 4.61. The molecule has 0 aromatic heterocycles. The number of alkyl carbamates (subject to hydrolysis) is 1.